The summed E-state index contributed by atoms with van der Waals surface area (Å²) < 4.78 is 0. The molecule has 184 valence electrons. The molecule has 3 saturated carbocycles. The standard InChI is InChI=1S/C31H55N/c1-3-5-7-8-10-22-31(23-20-27(25-32)21-24-31)30-18-16-29(17-19-30)28-14-12-26(13-15-28)11-9-6-4-2/h26-30H,3-24H2,1-2H3. The molecule has 0 saturated heterocycles. The minimum atomic E-state index is 0.354. The van der Waals surface area contributed by atoms with E-state index in [1.807, 2.05) is 0 Å². The van der Waals surface area contributed by atoms with Gasteiger partial charge in [-0.2, -0.15) is 5.26 Å². The van der Waals surface area contributed by atoms with Crippen LogP contribution in [-0.2, 0) is 0 Å². The van der Waals surface area contributed by atoms with Crippen molar-refractivity contribution < 1.29 is 0 Å². The average molecular weight is 442 g/mol. The van der Waals surface area contributed by atoms with Crippen molar-refractivity contribution in [3.05, 3.63) is 0 Å². The van der Waals surface area contributed by atoms with Gasteiger partial charge >= 0.3 is 0 Å². The molecular formula is C31H55N. The van der Waals surface area contributed by atoms with Gasteiger partial charge in [0.2, 0.25) is 0 Å². The van der Waals surface area contributed by atoms with Gasteiger partial charge in [-0.25, -0.2) is 0 Å². The minimum absolute atomic E-state index is 0.354. The van der Waals surface area contributed by atoms with Crippen molar-refractivity contribution in [1.29, 1.82) is 5.26 Å². The van der Waals surface area contributed by atoms with E-state index in [1.165, 1.54) is 128 Å². The third kappa shape index (κ3) is 7.50. The van der Waals surface area contributed by atoms with E-state index >= 15 is 0 Å². The number of nitrogens with zero attached hydrogens (tertiary/aromatic N) is 1. The highest BCUT2D eigenvalue weighted by atomic mass is 14.5. The van der Waals surface area contributed by atoms with Crippen molar-refractivity contribution in [3.8, 4) is 6.07 Å². The molecule has 0 aromatic rings. The van der Waals surface area contributed by atoms with Crippen LogP contribution >= 0.6 is 0 Å². The zero-order chi connectivity index (χ0) is 22.7. The van der Waals surface area contributed by atoms with E-state index < -0.39 is 0 Å². The van der Waals surface area contributed by atoms with Gasteiger partial charge < -0.3 is 0 Å². The summed E-state index contributed by atoms with van der Waals surface area (Å²) in [5.74, 6) is 4.47. The molecule has 0 radical (unpaired) electrons. The normalized spacial score (nSPS) is 36.0. The van der Waals surface area contributed by atoms with E-state index in [0.717, 1.165) is 23.7 Å². The highest BCUT2D eigenvalue weighted by Gasteiger charge is 2.43. The molecule has 0 aromatic heterocycles. The molecule has 0 aromatic carbocycles. The van der Waals surface area contributed by atoms with Crippen LogP contribution < -0.4 is 0 Å². The highest BCUT2D eigenvalue weighted by molar-refractivity contribution is 4.97. The Hall–Kier alpha value is -0.510. The van der Waals surface area contributed by atoms with Crippen LogP contribution in [0.2, 0.25) is 0 Å². The van der Waals surface area contributed by atoms with E-state index in [2.05, 4.69) is 19.9 Å². The van der Waals surface area contributed by atoms with E-state index in [0.29, 0.717) is 11.3 Å². The first kappa shape index (κ1) is 26.1. The zero-order valence-electron chi connectivity index (χ0n) is 21.9. The lowest BCUT2D eigenvalue weighted by molar-refractivity contribution is 0.0229. The lowest BCUT2D eigenvalue weighted by atomic mass is 9.56. The lowest BCUT2D eigenvalue weighted by Gasteiger charge is -2.49. The average Bonchev–Trinajstić information content (AvgIpc) is 2.85. The molecule has 0 aliphatic heterocycles. The van der Waals surface area contributed by atoms with Gasteiger partial charge in [-0.05, 0) is 99.7 Å². The maximum atomic E-state index is 9.45. The molecule has 3 aliphatic rings. The Bertz CT molecular complexity index is 521. The number of hydrogen-bond acceptors (Lipinski definition) is 1. The molecule has 0 atom stereocenters. The second kappa shape index (κ2) is 14.0. The summed E-state index contributed by atoms with van der Waals surface area (Å²) >= 11 is 0. The van der Waals surface area contributed by atoms with E-state index in [1.54, 1.807) is 12.8 Å². The molecule has 0 unspecified atom stereocenters. The molecule has 0 amide bonds. The largest absolute Gasteiger partial charge is 0.198 e. The first-order chi connectivity index (χ1) is 15.7. The van der Waals surface area contributed by atoms with Crippen LogP contribution in [-0.4, -0.2) is 0 Å². The van der Waals surface area contributed by atoms with Gasteiger partial charge in [-0.1, -0.05) is 84.5 Å². The fourth-order valence-corrected chi connectivity index (χ4v) is 8.10. The summed E-state index contributed by atoms with van der Waals surface area (Å²) in [5, 5.41) is 9.45. The molecule has 3 aliphatic carbocycles. The molecular weight excluding hydrogens is 386 g/mol. The number of nitriles is 1. The van der Waals surface area contributed by atoms with Crippen molar-refractivity contribution in [2.24, 2.45) is 35.0 Å². The summed E-state index contributed by atoms with van der Waals surface area (Å²) in [6.07, 6.45) is 31.6. The second-order valence-electron chi connectivity index (χ2n) is 12.3. The van der Waals surface area contributed by atoms with Crippen LogP contribution in [0.15, 0.2) is 0 Å². The first-order valence-electron chi connectivity index (χ1n) is 15.1. The van der Waals surface area contributed by atoms with Gasteiger partial charge in [0.1, 0.15) is 0 Å². The maximum absolute atomic E-state index is 9.45. The van der Waals surface area contributed by atoms with Crippen molar-refractivity contribution in [2.45, 2.75) is 155 Å². The van der Waals surface area contributed by atoms with Gasteiger partial charge in [-0.3, -0.25) is 0 Å². The Morgan fingerprint density at radius 3 is 1.81 bits per heavy atom. The fourth-order valence-electron chi connectivity index (χ4n) is 8.10. The topological polar surface area (TPSA) is 23.8 Å². The smallest absolute Gasteiger partial charge is 0.0655 e. The molecule has 1 heteroatoms. The Kier molecular flexibility index (Phi) is 11.4. The van der Waals surface area contributed by atoms with Crippen molar-refractivity contribution in [3.63, 3.8) is 0 Å². The monoisotopic (exact) mass is 441 g/mol. The van der Waals surface area contributed by atoms with Crippen LogP contribution in [0.25, 0.3) is 0 Å². The predicted octanol–water partition coefficient (Wildman–Crippen LogP) is 10.2. The lowest BCUT2D eigenvalue weighted by Crippen LogP contribution is -2.38. The summed E-state index contributed by atoms with van der Waals surface area (Å²) in [7, 11) is 0. The van der Waals surface area contributed by atoms with Crippen LogP contribution in [0.1, 0.15) is 155 Å². The highest BCUT2D eigenvalue weighted by Crippen LogP contribution is 2.54. The summed E-state index contributed by atoms with van der Waals surface area (Å²) in [4.78, 5) is 0. The second-order valence-corrected chi connectivity index (χ2v) is 12.3. The van der Waals surface area contributed by atoms with Gasteiger partial charge in [0, 0.05) is 5.92 Å². The van der Waals surface area contributed by atoms with Crippen molar-refractivity contribution in [2.75, 3.05) is 0 Å². The van der Waals surface area contributed by atoms with Gasteiger partial charge in [0.15, 0.2) is 0 Å². The Morgan fingerprint density at radius 2 is 1.22 bits per heavy atom. The molecule has 0 N–H and O–H groups in total. The third-order valence-corrected chi connectivity index (χ3v) is 10.4. The third-order valence-electron chi connectivity index (χ3n) is 10.4. The van der Waals surface area contributed by atoms with Gasteiger partial charge in [0.25, 0.3) is 0 Å². The Labute approximate surface area is 201 Å². The quantitative estimate of drug-likeness (QED) is 0.276. The first-order valence-corrected chi connectivity index (χ1v) is 15.1. The summed E-state index contributed by atoms with van der Waals surface area (Å²) in [6.45, 7) is 4.65. The van der Waals surface area contributed by atoms with E-state index in [9.17, 15) is 5.26 Å². The fraction of sp³-hybridized carbons (Fsp3) is 0.968. The molecule has 1 nitrogen and oxygen atoms in total. The molecule has 3 fully saturated rings. The SMILES string of the molecule is CCCCCCCC1(C2CCC(C3CCC(CCCCC)CC3)CC2)CCC(C#N)CC1. The number of rotatable bonds is 12. The number of unbranched alkanes of at least 4 members (excludes halogenated alkanes) is 6. The van der Waals surface area contributed by atoms with Crippen molar-refractivity contribution in [1.82, 2.24) is 0 Å². The molecule has 0 spiro atoms. The van der Waals surface area contributed by atoms with Crippen LogP contribution in [0.5, 0.6) is 0 Å². The van der Waals surface area contributed by atoms with Crippen LogP contribution in [0.3, 0.4) is 0 Å². The van der Waals surface area contributed by atoms with Crippen LogP contribution in [0.4, 0.5) is 0 Å². The van der Waals surface area contributed by atoms with Crippen LogP contribution in [0, 0.1) is 46.3 Å². The van der Waals surface area contributed by atoms with E-state index in [-0.39, 0.29) is 0 Å². The molecule has 0 bridgehead atoms. The minimum Gasteiger partial charge on any atom is -0.198 e. The predicted molar refractivity (Wildman–Crippen MR) is 138 cm³/mol. The Morgan fingerprint density at radius 1 is 0.656 bits per heavy atom. The zero-order valence-corrected chi connectivity index (χ0v) is 21.9. The number of hydrogen-bond donors (Lipinski definition) is 0. The van der Waals surface area contributed by atoms with Crippen molar-refractivity contribution >= 4 is 0 Å². The maximum Gasteiger partial charge on any atom is 0.0655 e. The van der Waals surface area contributed by atoms with Gasteiger partial charge in [0.05, 0.1) is 6.07 Å². The molecule has 0 heterocycles. The summed E-state index contributed by atoms with van der Waals surface area (Å²) in [5.41, 5.74) is 0.599. The Balaban J connectivity index is 1.45. The van der Waals surface area contributed by atoms with E-state index in [4.69, 9.17) is 0 Å². The molecule has 32 heavy (non-hydrogen) atoms. The summed E-state index contributed by atoms with van der Waals surface area (Å²) in [6, 6.07) is 2.60. The van der Waals surface area contributed by atoms with Gasteiger partial charge in [-0.15, -0.1) is 0 Å². The molecule has 3 rings (SSSR count).